The second kappa shape index (κ2) is 10.2. The van der Waals surface area contributed by atoms with Gasteiger partial charge in [-0.05, 0) is 24.6 Å². The minimum absolute atomic E-state index is 0. The minimum atomic E-state index is -0.126. The lowest BCUT2D eigenvalue weighted by Crippen LogP contribution is -2.39. The minimum Gasteiger partial charge on any atom is -0.497 e. The molecule has 1 aliphatic heterocycles. The maximum absolute atomic E-state index is 13.2. The van der Waals surface area contributed by atoms with Gasteiger partial charge >= 0.3 is 0 Å². The van der Waals surface area contributed by atoms with Crippen LogP contribution in [0.4, 0.5) is 5.13 Å². The molecule has 8 nitrogen and oxygen atoms in total. The molecule has 162 valence electrons. The number of nitrogens with zero attached hydrogens (tertiary/aromatic N) is 5. The molecule has 0 radical (unpaired) electrons. The fourth-order valence-corrected chi connectivity index (χ4v) is 4.34. The first kappa shape index (κ1) is 22.5. The van der Waals surface area contributed by atoms with E-state index in [-0.39, 0.29) is 18.3 Å². The average molecular weight is 452 g/mol. The maximum Gasteiger partial charge on any atom is 0.280 e. The van der Waals surface area contributed by atoms with E-state index >= 15 is 0 Å². The average Bonchev–Trinajstić information content (AvgIpc) is 3.37. The number of aryl methyl sites for hydroxylation is 1. The second-order valence-corrected chi connectivity index (χ2v) is 7.98. The molecule has 1 aromatic carbocycles. The zero-order valence-corrected chi connectivity index (χ0v) is 18.7. The second-order valence-electron chi connectivity index (χ2n) is 6.97. The Bertz CT molecular complexity index is 986. The summed E-state index contributed by atoms with van der Waals surface area (Å²) in [5.74, 6) is 0.628. The van der Waals surface area contributed by atoms with Crippen molar-refractivity contribution in [3.8, 4) is 5.75 Å². The number of methoxy groups -OCH3 is 1. The van der Waals surface area contributed by atoms with Crippen LogP contribution in [-0.2, 0) is 11.8 Å². The molecule has 0 aliphatic carbocycles. The smallest absolute Gasteiger partial charge is 0.280 e. The number of ether oxygens (including phenoxy) is 2. The SMILES string of the molecule is COc1ccc2sc(N(CCCN3CCOCC3)C(=O)c3ccn(C)n3)nc2c1.Cl. The van der Waals surface area contributed by atoms with Crippen LogP contribution < -0.4 is 9.64 Å². The molecule has 0 bridgehead atoms. The van der Waals surface area contributed by atoms with Gasteiger partial charge in [-0.1, -0.05) is 11.3 Å². The number of halogens is 1. The Morgan fingerprint density at radius 3 is 2.80 bits per heavy atom. The van der Waals surface area contributed by atoms with Crippen LogP contribution in [0.5, 0.6) is 5.75 Å². The Kier molecular flexibility index (Phi) is 7.65. The fourth-order valence-electron chi connectivity index (χ4n) is 3.37. The Balaban J connectivity index is 0.00000256. The van der Waals surface area contributed by atoms with E-state index in [0.717, 1.165) is 55.2 Å². The van der Waals surface area contributed by atoms with Crippen LogP contribution in [0.2, 0.25) is 0 Å². The highest BCUT2D eigenvalue weighted by Gasteiger charge is 2.23. The van der Waals surface area contributed by atoms with E-state index in [1.165, 1.54) is 11.3 Å². The van der Waals surface area contributed by atoms with Gasteiger partial charge in [0.25, 0.3) is 5.91 Å². The number of thiazole rings is 1. The van der Waals surface area contributed by atoms with Gasteiger partial charge in [-0.2, -0.15) is 5.10 Å². The van der Waals surface area contributed by atoms with Crippen molar-refractivity contribution in [2.24, 2.45) is 7.05 Å². The summed E-state index contributed by atoms with van der Waals surface area (Å²) in [4.78, 5) is 22.0. The number of carbonyl (C=O) groups excluding carboxylic acids is 1. The van der Waals surface area contributed by atoms with Gasteiger partial charge in [0.05, 0.1) is 30.5 Å². The zero-order chi connectivity index (χ0) is 20.2. The standard InChI is InChI=1S/C20H25N5O3S.ClH/c1-23-9-6-16(22-23)19(26)25(8-3-7-24-10-12-28-13-11-24)20-21-17-14-15(27-2)4-5-18(17)29-20;/h4-6,9,14H,3,7-8,10-13H2,1-2H3;1H. The number of carbonyl (C=O) groups is 1. The number of morpholine rings is 1. The van der Waals surface area contributed by atoms with E-state index in [4.69, 9.17) is 14.5 Å². The predicted octanol–water partition coefficient (Wildman–Crippen LogP) is 2.83. The highest BCUT2D eigenvalue weighted by molar-refractivity contribution is 7.22. The van der Waals surface area contributed by atoms with Crippen LogP contribution in [-0.4, -0.2) is 72.1 Å². The van der Waals surface area contributed by atoms with Gasteiger partial charge in [0.2, 0.25) is 0 Å². The molecule has 1 amide bonds. The summed E-state index contributed by atoms with van der Waals surface area (Å²) in [7, 11) is 3.44. The van der Waals surface area contributed by atoms with E-state index < -0.39 is 0 Å². The summed E-state index contributed by atoms with van der Waals surface area (Å²) in [6, 6.07) is 7.53. The molecular formula is C20H26ClN5O3S. The Morgan fingerprint density at radius 1 is 1.30 bits per heavy atom. The summed E-state index contributed by atoms with van der Waals surface area (Å²) in [5, 5.41) is 4.98. The highest BCUT2D eigenvalue weighted by Crippen LogP contribution is 2.32. The predicted molar refractivity (Wildman–Crippen MR) is 120 cm³/mol. The molecule has 0 saturated carbocycles. The Hall–Kier alpha value is -2.20. The number of hydrogen-bond donors (Lipinski definition) is 0. The number of hydrogen-bond acceptors (Lipinski definition) is 7. The van der Waals surface area contributed by atoms with E-state index in [9.17, 15) is 4.79 Å². The van der Waals surface area contributed by atoms with Crippen molar-refractivity contribution in [3.63, 3.8) is 0 Å². The molecule has 30 heavy (non-hydrogen) atoms. The van der Waals surface area contributed by atoms with Crippen LogP contribution in [0.3, 0.4) is 0 Å². The lowest BCUT2D eigenvalue weighted by molar-refractivity contribution is 0.0376. The van der Waals surface area contributed by atoms with E-state index in [1.807, 2.05) is 25.2 Å². The number of amides is 1. The van der Waals surface area contributed by atoms with Gasteiger partial charge in [0.1, 0.15) is 5.75 Å². The summed E-state index contributed by atoms with van der Waals surface area (Å²) >= 11 is 1.51. The van der Waals surface area contributed by atoms with Crippen LogP contribution >= 0.6 is 23.7 Å². The van der Waals surface area contributed by atoms with Crippen molar-refractivity contribution < 1.29 is 14.3 Å². The molecule has 0 spiro atoms. The summed E-state index contributed by atoms with van der Waals surface area (Å²) in [6.07, 6.45) is 2.64. The van der Waals surface area contributed by atoms with Crippen LogP contribution in [0.1, 0.15) is 16.9 Å². The topological polar surface area (TPSA) is 72.7 Å². The van der Waals surface area contributed by atoms with E-state index in [1.54, 1.807) is 29.0 Å². The molecule has 4 rings (SSSR count). The maximum atomic E-state index is 13.2. The molecule has 0 atom stereocenters. The molecule has 1 saturated heterocycles. The monoisotopic (exact) mass is 451 g/mol. The van der Waals surface area contributed by atoms with Crippen molar-refractivity contribution in [1.29, 1.82) is 0 Å². The van der Waals surface area contributed by atoms with Gasteiger partial charge in [-0.15, -0.1) is 12.4 Å². The van der Waals surface area contributed by atoms with Gasteiger partial charge in [-0.25, -0.2) is 4.98 Å². The Morgan fingerprint density at radius 2 is 2.10 bits per heavy atom. The third kappa shape index (κ3) is 5.10. The lowest BCUT2D eigenvalue weighted by Gasteiger charge is -2.27. The van der Waals surface area contributed by atoms with Crippen LogP contribution in [0.25, 0.3) is 10.2 Å². The third-order valence-electron chi connectivity index (χ3n) is 4.95. The number of rotatable bonds is 7. The Labute approximate surface area is 185 Å². The molecule has 3 aromatic rings. The molecular weight excluding hydrogens is 426 g/mol. The first-order valence-electron chi connectivity index (χ1n) is 9.70. The molecule has 0 N–H and O–H groups in total. The molecule has 3 heterocycles. The van der Waals surface area contributed by atoms with E-state index in [2.05, 4.69) is 10.00 Å². The van der Waals surface area contributed by atoms with Crippen molar-refractivity contribution in [1.82, 2.24) is 19.7 Å². The fraction of sp³-hybridized carbons (Fsp3) is 0.450. The van der Waals surface area contributed by atoms with Gasteiger partial charge < -0.3 is 9.47 Å². The highest BCUT2D eigenvalue weighted by atomic mass is 35.5. The van der Waals surface area contributed by atoms with Gasteiger partial charge in [-0.3, -0.25) is 19.3 Å². The number of aromatic nitrogens is 3. The van der Waals surface area contributed by atoms with Crippen molar-refractivity contribution in [2.75, 3.05) is 51.4 Å². The van der Waals surface area contributed by atoms with Crippen molar-refractivity contribution >= 4 is 45.0 Å². The lowest BCUT2D eigenvalue weighted by atomic mass is 10.3. The molecule has 0 unspecified atom stereocenters. The van der Waals surface area contributed by atoms with Crippen molar-refractivity contribution in [3.05, 3.63) is 36.2 Å². The normalized spacial score (nSPS) is 14.5. The first-order valence-corrected chi connectivity index (χ1v) is 10.5. The van der Waals surface area contributed by atoms with Crippen LogP contribution in [0, 0.1) is 0 Å². The molecule has 2 aromatic heterocycles. The number of anilines is 1. The summed E-state index contributed by atoms with van der Waals surface area (Å²) in [6.45, 7) is 4.94. The molecule has 10 heteroatoms. The largest absolute Gasteiger partial charge is 0.497 e. The molecule has 1 aliphatic rings. The summed E-state index contributed by atoms with van der Waals surface area (Å²) in [5.41, 5.74) is 1.26. The first-order chi connectivity index (χ1) is 14.1. The summed E-state index contributed by atoms with van der Waals surface area (Å²) < 4.78 is 13.4. The van der Waals surface area contributed by atoms with Crippen LogP contribution in [0.15, 0.2) is 30.5 Å². The number of benzene rings is 1. The van der Waals surface area contributed by atoms with E-state index in [0.29, 0.717) is 17.4 Å². The van der Waals surface area contributed by atoms with Gasteiger partial charge in [0, 0.05) is 45.5 Å². The van der Waals surface area contributed by atoms with Gasteiger partial charge in [0.15, 0.2) is 10.8 Å². The zero-order valence-electron chi connectivity index (χ0n) is 17.1. The quantitative estimate of drug-likeness (QED) is 0.550. The van der Waals surface area contributed by atoms with Crippen molar-refractivity contribution in [2.45, 2.75) is 6.42 Å². The third-order valence-corrected chi connectivity index (χ3v) is 6.01. The molecule has 1 fully saturated rings. The number of fused-ring (bicyclic) bond motifs is 1.